The molecule has 1 aliphatic heterocycles. The zero-order valence-electron chi connectivity index (χ0n) is 11.1. The van der Waals surface area contributed by atoms with E-state index in [-0.39, 0.29) is 5.91 Å². The topological polar surface area (TPSA) is 46.3 Å². The molecular weight excluding hydrogens is 336 g/mol. The molecule has 0 fully saturated rings. The summed E-state index contributed by atoms with van der Waals surface area (Å²) in [5.41, 5.74) is 9.97. The van der Waals surface area contributed by atoms with Gasteiger partial charge in [0, 0.05) is 17.9 Å². The van der Waals surface area contributed by atoms with Crippen molar-refractivity contribution < 1.29 is 4.79 Å². The number of nitrogens with zero attached hydrogens (tertiary/aromatic N) is 1. The molecule has 2 aromatic rings. The highest BCUT2D eigenvalue weighted by molar-refractivity contribution is 9.11. The zero-order valence-corrected chi connectivity index (χ0v) is 13.6. The van der Waals surface area contributed by atoms with Gasteiger partial charge in [0.15, 0.2) is 0 Å². The third-order valence-electron chi connectivity index (χ3n) is 3.60. The number of hydrogen-bond acceptors (Lipinski definition) is 3. The van der Waals surface area contributed by atoms with Crippen LogP contribution in [-0.2, 0) is 6.42 Å². The molecule has 2 heterocycles. The molecule has 0 unspecified atom stereocenters. The molecule has 1 aromatic heterocycles. The van der Waals surface area contributed by atoms with Crippen LogP contribution in [0.15, 0.2) is 28.1 Å². The number of carbonyl (C=O) groups is 1. The first-order valence-corrected chi connectivity index (χ1v) is 8.14. The molecule has 3 rings (SSSR count). The molecule has 1 aliphatic rings. The number of amides is 1. The van der Waals surface area contributed by atoms with Crippen molar-refractivity contribution in [3.05, 3.63) is 44.1 Å². The van der Waals surface area contributed by atoms with E-state index in [1.807, 2.05) is 36.1 Å². The van der Waals surface area contributed by atoms with E-state index >= 15 is 0 Å². The summed E-state index contributed by atoms with van der Waals surface area (Å²) >= 11 is 4.97. The number of anilines is 2. The Bertz CT molecular complexity index is 661. The Morgan fingerprint density at radius 3 is 2.95 bits per heavy atom. The standard InChI is InChI=1S/C15H15BrN2OS/c1-9-8-13(20-14(9)16)15(19)18-7-3-4-10-11(17)5-2-6-12(10)18/h2,5-6,8H,3-4,7,17H2,1H3. The lowest BCUT2D eigenvalue weighted by molar-refractivity contribution is 0.0989. The lowest BCUT2D eigenvalue weighted by Crippen LogP contribution is -2.35. The van der Waals surface area contributed by atoms with Crippen molar-refractivity contribution >= 4 is 44.5 Å². The van der Waals surface area contributed by atoms with E-state index in [1.165, 1.54) is 11.3 Å². The summed E-state index contributed by atoms with van der Waals surface area (Å²) in [6, 6.07) is 7.74. The third kappa shape index (κ3) is 2.25. The van der Waals surface area contributed by atoms with Gasteiger partial charge < -0.3 is 10.6 Å². The largest absolute Gasteiger partial charge is 0.398 e. The van der Waals surface area contributed by atoms with E-state index in [0.717, 1.165) is 50.6 Å². The summed E-state index contributed by atoms with van der Waals surface area (Å²) in [7, 11) is 0. The minimum atomic E-state index is 0.0651. The summed E-state index contributed by atoms with van der Waals surface area (Å²) in [4.78, 5) is 15.3. The quantitative estimate of drug-likeness (QED) is 0.790. The maximum absolute atomic E-state index is 12.7. The molecular formula is C15H15BrN2OS. The number of carbonyl (C=O) groups excluding carboxylic acids is 1. The molecule has 0 saturated carbocycles. The maximum Gasteiger partial charge on any atom is 0.268 e. The molecule has 104 valence electrons. The van der Waals surface area contributed by atoms with Crippen LogP contribution in [0.5, 0.6) is 0 Å². The first-order valence-electron chi connectivity index (χ1n) is 6.53. The van der Waals surface area contributed by atoms with Crippen LogP contribution < -0.4 is 10.6 Å². The number of thiophene rings is 1. The summed E-state index contributed by atoms with van der Waals surface area (Å²) < 4.78 is 1.02. The van der Waals surface area contributed by atoms with Crippen molar-refractivity contribution in [2.24, 2.45) is 0 Å². The molecule has 5 heteroatoms. The number of fused-ring (bicyclic) bond motifs is 1. The van der Waals surface area contributed by atoms with E-state index < -0.39 is 0 Å². The zero-order chi connectivity index (χ0) is 14.3. The number of nitrogens with two attached hydrogens (primary N) is 1. The fourth-order valence-electron chi connectivity index (χ4n) is 2.56. The molecule has 0 radical (unpaired) electrons. The van der Waals surface area contributed by atoms with Gasteiger partial charge in [-0.3, -0.25) is 4.79 Å². The van der Waals surface area contributed by atoms with Crippen molar-refractivity contribution in [1.29, 1.82) is 0 Å². The van der Waals surface area contributed by atoms with Crippen LogP contribution in [0.3, 0.4) is 0 Å². The number of hydrogen-bond donors (Lipinski definition) is 1. The molecule has 0 atom stereocenters. The van der Waals surface area contributed by atoms with Gasteiger partial charge in [-0.15, -0.1) is 11.3 Å². The van der Waals surface area contributed by atoms with Crippen LogP contribution in [0, 0.1) is 6.92 Å². The van der Waals surface area contributed by atoms with Gasteiger partial charge in [0.2, 0.25) is 0 Å². The first-order chi connectivity index (χ1) is 9.58. The van der Waals surface area contributed by atoms with Gasteiger partial charge in [0.25, 0.3) is 5.91 Å². The monoisotopic (exact) mass is 350 g/mol. The third-order valence-corrected chi connectivity index (χ3v) is 5.72. The van der Waals surface area contributed by atoms with Crippen LogP contribution in [0.4, 0.5) is 11.4 Å². The highest BCUT2D eigenvalue weighted by Crippen LogP contribution is 2.34. The van der Waals surface area contributed by atoms with Crippen molar-refractivity contribution in [3.8, 4) is 0 Å². The molecule has 0 bridgehead atoms. The maximum atomic E-state index is 12.7. The van der Waals surface area contributed by atoms with Gasteiger partial charge in [-0.2, -0.15) is 0 Å². The molecule has 1 aromatic carbocycles. The Morgan fingerprint density at radius 2 is 2.25 bits per heavy atom. The Labute approximate surface area is 130 Å². The average molecular weight is 351 g/mol. The molecule has 0 aliphatic carbocycles. The van der Waals surface area contributed by atoms with Gasteiger partial charge in [0.1, 0.15) is 0 Å². The fourth-order valence-corrected chi connectivity index (χ4v) is 4.04. The molecule has 0 saturated heterocycles. The second-order valence-electron chi connectivity index (χ2n) is 4.97. The smallest absolute Gasteiger partial charge is 0.268 e. The van der Waals surface area contributed by atoms with E-state index in [0.29, 0.717) is 0 Å². The lowest BCUT2D eigenvalue weighted by atomic mass is 9.99. The van der Waals surface area contributed by atoms with Gasteiger partial charge in [0.05, 0.1) is 8.66 Å². The van der Waals surface area contributed by atoms with E-state index in [2.05, 4.69) is 15.9 Å². The number of halogens is 1. The van der Waals surface area contributed by atoms with Gasteiger partial charge in [-0.05, 0) is 65.0 Å². The second kappa shape index (κ2) is 5.22. The van der Waals surface area contributed by atoms with Gasteiger partial charge in [-0.25, -0.2) is 0 Å². The SMILES string of the molecule is Cc1cc(C(=O)N2CCCc3c(N)cccc32)sc1Br. The number of rotatable bonds is 1. The van der Waals surface area contributed by atoms with Crippen LogP contribution in [0.2, 0.25) is 0 Å². The van der Waals surface area contributed by atoms with Gasteiger partial charge >= 0.3 is 0 Å². The van der Waals surface area contributed by atoms with Crippen LogP contribution in [-0.4, -0.2) is 12.5 Å². The van der Waals surface area contributed by atoms with Crippen LogP contribution in [0.1, 0.15) is 27.2 Å². The minimum Gasteiger partial charge on any atom is -0.398 e. The van der Waals surface area contributed by atoms with Crippen molar-refractivity contribution in [2.75, 3.05) is 17.2 Å². The van der Waals surface area contributed by atoms with Crippen LogP contribution >= 0.6 is 27.3 Å². The Hall–Kier alpha value is -1.33. The normalized spacial score (nSPS) is 14.2. The number of nitrogen functional groups attached to an aromatic ring is 1. The molecule has 2 N–H and O–H groups in total. The Morgan fingerprint density at radius 1 is 1.45 bits per heavy atom. The molecule has 1 amide bonds. The predicted molar refractivity (Wildman–Crippen MR) is 87.6 cm³/mol. The van der Waals surface area contributed by atoms with Crippen molar-refractivity contribution in [2.45, 2.75) is 19.8 Å². The summed E-state index contributed by atoms with van der Waals surface area (Å²) in [6.45, 7) is 2.75. The molecule has 20 heavy (non-hydrogen) atoms. The van der Waals surface area contributed by atoms with Crippen molar-refractivity contribution in [1.82, 2.24) is 0 Å². The van der Waals surface area contributed by atoms with E-state index in [4.69, 9.17) is 5.73 Å². The minimum absolute atomic E-state index is 0.0651. The highest BCUT2D eigenvalue weighted by Gasteiger charge is 2.25. The number of benzene rings is 1. The summed E-state index contributed by atoms with van der Waals surface area (Å²) in [5.74, 6) is 0.0651. The Kier molecular flexibility index (Phi) is 3.56. The summed E-state index contributed by atoms with van der Waals surface area (Å²) in [5, 5.41) is 0. The Balaban J connectivity index is 2.00. The average Bonchev–Trinajstić information content (AvgIpc) is 2.78. The van der Waals surface area contributed by atoms with E-state index in [9.17, 15) is 4.79 Å². The van der Waals surface area contributed by atoms with Crippen molar-refractivity contribution in [3.63, 3.8) is 0 Å². The summed E-state index contributed by atoms with van der Waals surface area (Å²) in [6.07, 6.45) is 1.90. The predicted octanol–water partition coefficient (Wildman–Crippen LogP) is 3.99. The van der Waals surface area contributed by atoms with Crippen LogP contribution in [0.25, 0.3) is 0 Å². The first kappa shape index (κ1) is 13.6. The fraction of sp³-hybridized carbons (Fsp3) is 0.267. The van der Waals surface area contributed by atoms with Gasteiger partial charge in [-0.1, -0.05) is 6.07 Å². The highest BCUT2D eigenvalue weighted by atomic mass is 79.9. The van der Waals surface area contributed by atoms with E-state index in [1.54, 1.807) is 0 Å². The second-order valence-corrected chi connectivity index (χ2v) is 7.34. The molecule has 0 spiro atoms. The number of aryl methyl sites for hydroxylation is 1. The molecule has 3 nitrogen and oxygen atoms in total. The lowest BCUT2D eigenvalue weighted by Gasteiger charge is -2.29.